The summed E-state index contributed by atoms with van der Waals surface area (Å²) in [5.41, 5.74) is 6.28. The second-order valence-electron chi connectivity index (χ2n) is 6.50. The summed E-state index contributed by atoms with van der Waals surface area (Å²) < 4.78 is 1.89. The molecular weight excluding hydrogens is 338 g/mol. The maximum Gasteiger partial charge on any atom is 0.164 e. The lowest BCUT2D eigenvalue weighted by molar-refractivity contribution is 0.475. The van der Waals surface area contributed by atoms with Crippen LogP contribution in [-0.4, -0.2) is 24.8 Å². The lowest BCUT2D eigenvalue weighted by Crippen LogP contribution is -2.02. The molecule has 5 nitrogen and oxygen atoms in total. The van der Waals surface area contributed by atoms with E-state index in [2.05, 4.69) is 19.9 Å². The lowest BCUT2D eigenvalue weighted by Gasteiger charge is -2.07. The summed E-state index contributed by atoms with van der Waals surface area (Å²) >= 11 is 0. The molecule has 2 aromatic carbocycles. The monoisotopic (exact) mass is 359 g/mol. The number of hydrogen-bond donors (Lipinski definition) is 2. The molecular formula is C22H21N3O2. The van der Waals surface area contributed by atoms with Crippen LogP contribution < -0.4 is 0 Å². The molecule has 27 heavy (non-hydrogen) atoms. The van der Waals surface area contributed by atoms with Gasteiger partial charge in [0.1, 0.15) is 17.2 Å². The average molecular weight is 359 g/mol. The van der Waals surface area contributed by atoms with Crippen LogP contribution in [-0.2, 0) is 12.8 Å². The van der Waals surface area contributed by atoms with Gasteiger partial charge in [0.25, 0.3) is 0 Å². The van der Waals surface area contributed by atoms with Crippen molar-refractivity contribution < 1.29 is 10.2 Å². The van der Waals surface area contributed by atoms with Crippen molar-refractivity contribution in [2.75, 3.05) is 0 Å². The molecule has 0 saturated heterocycles. The van der Waals surface area contributed by atoms with Gasteiger partial charge in [0.2, 0.25) is 0 Å². The molecule has 0 unspecified atom stereocenters. The van der Waals surface area contributed by atoms with E-state index >= 15 is 0 Å². The molecule has 0 bridgehead atoms. The second kappa shape index (κ2) is 6.76. The van der Waals surface area contributed by atoms with Gasteiger partial charge in [0.05, 0.1) is 5.56 Å². The number of hydrogen-bond acceptors (Lipinski definition) is 4. The maximum absolute atomic E-state index is 9.95. The summed E-state index contributed by atoms with van der Waals surface area (Å²) in [4.78, 5) is 4.85. The number of rotatable bonds is 4. The smallest absolute Gasteiger partial charge is 0.164 e. The Balaban J connectivity index is 2.09. The third-order valence-electron chi connectivity index (χ3n) is 4.72. The quantitative estimate of drug-likeness (QED) is 0.559. The van der Waals surface area contributed by atoms with E-state index < -0.39 is 0 Å². The van der Waals surface area contributed by atoms with Crippen LogP contribution in [0, 0.1) is 0 Å². The van der Waals surface area contributed by atoms with Gasteiger partial charge in [-0.3, -0.25) is 0 Å². The fraction of sp³-hybridized carbons (Fsp3) is 0.182. The van der Waals surface area contributed by atoms with Crippen molar-refractivity contribution in [3.8, 4) is 33.9 Å². The number of benzene rings is 2. The Hall–Kier alpha value is -3.34. The van der Waals surface area contributed by atoms with Crippen molar-refractivity contribution in [2.45, 2.75) is 26.7 Å². The highest BCUT2D eigenvalue weighted by atomic mass is 16.3. The van der Waals surface area contributed by atoms with Crippen LogP contribution >= 0.6 is 0 Å². The lowest BCUT2D eigenvalue weighted by atomic mass is 10.0. The van der Waals surface area contributed by atoms with Crippen molar-refractivity contribution >= 4 is 5.65 Å². The summed E-state index contributed by atoms with van der Waals surface area (Å²) in [5.74, 6) is 0.407. The molecule has 5 heteroatoms. The number of aromatic nitrogens is 3. The number of nitrogens with zero attached hydrogens (tertiary/aromatic N) is 3. The average Bonchev–Trinajstić information content (AvgIpc) is 3.07. The molecule has 4 rings (SSSR count). The number of phenols is 2. The minimum absolute atomic E-state index is 0.194. The minimum atomic E-state index is 0.194. The summed E-state index contributed by atoms with van der Waals surface area (Å²) in [5, 5.41) is 24.5. The topological polar surface area (TPSA) is 70.7 Å². The minimum Gasteiger partial charge on any atom is -0.508 e. The molecule has 0 aliphatic heterocycles. The zero-order chi connectivity index (χ0) is 19.0. The summed E-state index contributed by atoms with van der Waals surface area (Å²) in [6.45, 7) is 4.19. The first-order chi connectivity index (χ1) is 13.1. The van der Waals surface area contributed by atoms with Crippen molar-refractivity contribution in [2.24, 2.45) is 0 Å². The van der Waals surface area contributed by atoms with Crippen molar-refractivity contribution in [1.82, 2.24) is 14.6 Å². The van der Waals surface area contributed by atoms with Gasteiger partial charge in [-0.15, -0.1) is 0 Å². The molecule has 0 amide bonds. The highest BCUT2D eigenvalue weighted by Gasteiger charge is 2.20. The molecule has 0 atom stereocenters. The van der Waals surface area contributed by atoms with Crippen LogP contribution in [0.5, 0.6) is 11.5 Å². The zero-order valence-electron chi connectivity index (χ0n) is 15.3. The molecule has 0 saturated carbocycles. The van der Waals surface area contributed by atoms with Gasteiger partial charge in [0.15, 0.2) is 5.65 Å². The first kappa shape index (κ1) is 17.1. The number of aromatic hydroxyl groups is 2. The van der Waals surface area contributed by atoms with Crippen LogP contribution in [0.1, 0.15) is 25.2 Å². The van der Waals surface area contributed by atoms with Gasteiger partial charge in [-0.2, -0.15) is 5.10 Å². The van der Waals surface area contributed by atoms with E-state index in [1.54, 1.807) is 30.3 Å². The summed E-state index contributed by atoms with van der Waals surface area (Å²) in [7, 11) is 0. The van der Waals surface area contributed by atoms with Crippen LogP contribution in [0.25, 0.3) is 28.0 Å². The van der Waals surface area contributed by atoms with Gasteiger partial charge in [-0.1, -0.05) is 38.1 Å². The third kappa shape index (κ3) is 3.01. The van der Waals surface area contributed by atoms with Gasteiger partial charge in [-0.25, -0.2) is 9.50 Å². The number of phenolic OH excluding ortho intramolecular Hbond substituents is 2. The molecule has 0 spiro atoms. The standard InChI is InChI=1S/C22H21N3O2/c1-3-16-13-17(4-2)25-22(23-16)20(14-8-10-18(26)11-9-14)21(24-25)15-6-5-7-19(27)12-15/h5-13,26-27H,3-4H2,1-2H3. The Morgan fingerprint density at radius 2 is 1.63 bits per heavy atom. The Morgan fingerprint density at radius 3 is 2.30 bits per heavy atom. The molecule has 136 valence electrons. The Morgan fingerprint density at radius 1 is 0.852 bits per heavy atom. The normalized spacial score (nSPS) is 11.2. The van der Waals surface area contributed by atoms with E-state index in [0.29, 0.717) is 0 Å². The molecule has 0 aliphatic carbocycles. The molecule has 0 fully saturated rings. The van der Waals surface area contributed by atoms with Gasteiger partial charge < -0.3 is 10.2 Å². The van der Waals surface area contributed by atoms with Crippen LogP contribution in [0.4, 0.5) is 0 Å². The fourth-order valence-corrected chi connectivity index (χ4v) is 3.32. The summed E-state index contributed by atoms with van der Waals surface area (Å²) in [6.07, 6.45) is 1.67. The predicted molar refractivity (Wildman–Crippen MR) is 106 cm³/mol. The zero-order valence-corrected chi connectivity index (χ0v) is 15.3. The first-order valence-corrected chi connectivity index (χ1v) is 9.11. The van der Waals surface area contributed by atoms with E-state index in [-0.39, 0.29) is 11.5 Å². The highest BCUT2D eigenvalue weighted by molar-refractivity contribution is 5.91. The molecule has 2 aromatic heterocycles. The predicted octanol–water partition coefficient (Wildman–Crippen LogP) is 4.60. The second-order valence-corrected chi connectivity index (χ2v) is 6.50. The SMILES string of the molecule is CCc1cc(CC)n2nc(-c3cccc(O)c3)c(-c3ccc(O)cc3)c2n1. The van der Waals surface area contributed by atoms with Crippen molar-refractivity contribution in [3.05, 3.63) is 66.0 Å². The molecule has 2 N–H and O–H groups in total. The largest absolute Gasteiger partial charge is 0.508 e. The van der Waals surface area contributed by atoms with E-state index in [4.69, 9.17) is 10.1 Å². The molecule has 2 heterocycles. The third-order valence-corrected chi connectivity index (χ3v) is 4.72. The number of aryl methyl sites for hydroxylation is 2. The van der Waals surface area contributed by atoms with Gasteiger partial charge >= 0.3 is 0 Å². The van der Waals surface area contributed by atoms with E-state index in [1.165, 1.54) is 0 Å². The van der Waals surface area contributed by atoms with E-state index in [1.807, 2.05) is 22.7 Å². The Labute approximate surface area is 157 Å². The highest BCUT2D eigenvalue weighted by Crippen LogP contribution is 2.36. The van der Waals surface area contributed by atoms with Crippen molar-refractivity contribution in [1.29, 1.82) is 0 Å². The molecule has 0 radical (unpaired) electrons. The molecule has 4 aromatic rings. The first-order valence-electron chi connectivity index (χ1n) is 9.11. The van der Waals surface area contributed by atoms with E-state index in [0.717, 1.165) is 52.3 Å². The fourth-order valence-electron chi connectivity index (χ4n) is 3.32. The summed E-state index contributed by atoms with van der Waals surface area (Å²) in [6, 6.07) is 16.2. The Bertz CT molecular complexity index is 1110. The maximum atomic E-state index is 9.95. The van der Waals surface area contributed by atoms with Gasteiger partial charge in [-0.05, 0) is 48.7 Å². The van der Waals surface area contributed by atoms with Crippen LogP contribution in [0.3, 0.4) is 0 Å². The van der Waals surface area contributed by atoms with Crippen molar-refractivity contribution in [3.63, 3.8) is 0 Å². The Kier molecular flexibility index (Phi) is 4.28. The van der Waals surface area contributed by atoms with Gasteiger partial charge in [0, 0.05) is 17.0 Å². The number of fused-ring (bicyclic) bond motifs is 1. The van der Waals surface area contributed by atoms with Crippen LogP contribution in [0.2, 0.25) is 0 Å². The van der Waals surface area contributed by atoms with Crippen LogP contribution in [0.15, 0.2) is 54.6 Å². The molecule has 0 aliphatic rings. The van der Waals surface area contributed by atoms with E-state index in [9.17, 15) is 10.2 Å².